The van der Waals surface area contributed by atoms with E-state index in [0.717, 1.165) is 19.1 Å². The molecule has 0 spiro atoms. The highest BCUT2D eigenvalue weighted by molar-refractivity contribution is 5.51. The molecule has 0 radical (unpaired) electrons. The predicted molar refractivity (Wildman–Crippen MR) is 44.9 cm³/mol. The quantitative estimate of drug-likeness (QED) is 0.643. The van der Waals surface area contributed by atoms with Crippen LogP contribution in [0, 0.1) is 0 Å². The molecule has 0 heterocycles. The zero-order valence-corrected chi connectivity index (χ0v) is 7.45. The molecule has 1 fully saturated rings. The Morgan fingerprint density at radius 2 is 2.17 bits per heavy atom. The Labute approximate surface area is 72.7 Å². The van der Waals surface area contributed by atoms with Gasteiger partial charge >= 0.3 is 0 Å². The van der Waals surface area contributed by atoms with Crippen molar-refractivity contribution in [2.24, 2.45) is 0 Å². The molecule has 0 aromatic rings. The third kappa shape index (κ3) is 2.29. The fraction of sp³-hybridized carbons (Fsp3) is 0.889. The summed E-state index contributed by atoms with van der Waals surface area (Å²) in [5.74, 6) is 0. The fourth-order valence-electron chi connectivity index (χ4n) is 1.72. The van der Waals surface area contributed by atoms with E-state index in [9.17, 15) is 9.90 Å². The Kier molecular flexibility index (Phi) is 3.23. The van der Waals surface area contributed by atoms with Gasteiger partial charge in [-0.1, -0.05) is 0 Å². The Morgan fingerprint density at radius 3 is 2.58 bits per heavy atom. The minimum Gasteiger partial charge on any atom is -0.389 e. The normalized spacial score (nSPS) is 36.3. The Hall–Kier alpha value is -0.410. The summed E-state index contributed by atoms with van der Waals surface area (Å²) in [6.45, 7) is 0. The van der Waals surface area contributed by atoms with Gasteiger partial charge in [0, 0.05) is 13.5 Å². The van der Waals surface area contributed by atoms with Crippen molar-refractivity contribution in [1.82, 2.24) is 0 Å². The standard InChI is InChI=1S/C9H16O3/c1-12-8-2-4-9(11,5-3-8)6-7-10/h7-8,11H,2-6H2,1H3. The molecule has 0 atom stereocenters. The van der Waals surface area contributed by atoms with Crippen molar-refractivity contribution in [2.75, 3.05) is 7.11 Å². The second-order valence-corrected chi connectivity index (χ2v) is 3.53. The lowest BCUT2D eigenvalue weighted by molar-refractivity contribution is -0.115. The van der Waals surface area contributed by atoms with Crippen molar-refractivity contribution in [3.05, 3.63) is 0 Å². The molecule has 1 saturated carbocycles. The van der Waals surface area contributed by atoms with E-state index in [1.54, 1.807) is 7.11 Å². The maximum Gasteiger partial charge on any atom is 0.122 e. The number of methoxy groups -OCH3 is 1. The molecule has 1 aliphatic rings. The molecule has 0 unspecified atom stereocenters. The minimum atomic E-state index is -0.739. The summed E-state index contributed by atoms with van der Waals surface area (Å²) in [6.07, 6.45) is 4.43. The van der Waals surface area contributed by atoms with Crippen LogP contribution in [-0.4, -0.2) is 30.2 Å². The summed E-state index contributed by atoms with van der Waals surface area (Å²) in [5.41, 5.74) is -0.739. The molecule has 0 bridgehead atoms. The van der Waals surface area contributed by atoms with Crippen molar-refractivity contribution in [1.29, 1.82) is 0 Å². The second-order valence-electron chi connectivity index (χ2n) is 3.53. The van der Waals surface area contributed by atoms with Gasteiger partial charge in [0.1, 0.15) is 6.29 Å². The number of hydrogen-bond donors (Lipinski definition) is 1. The van der Waals surface area contributed by atoms with Gasteiger partial charge in [-0.3, -0.25) is 0 Å². The van der Waals surface area contributed by atoms with Crippen LogP contribution < -0.4 is 0 Å². The Balaban J connectivity index is 2.38. The largest absolute Gasteiger partial charge is 0.389 e. The molecular formula is C9H16O3. The minimum absolute atomic E-state index is 0.267. The van der Waals surface area contributed by atoms with Crippen molar-refractivity contribution >= 4 is 6.29 Å². The fourth-order valence-corrected chi connectivity index (χ4v) is 1.72. The number of carbonyl (C=O) groups excluding carboxylic acids is 1. The lowest BCUT2D eigenvalue weighted by Gasteiger charge is -2.34. The van der Waals surface area contributed by atoms with E-state index in [0.29, 0.717) is 12.8 Å². The van der Waals surface area contributed by atoms with Crippen LogP contribution in [0.5, 0.6) is 0 Å². The van der Waals surface area contributed by atoms with Crippen LogP contribution in [0.4, 0.5) is 0 Å². The number of aldehydes is 1. The van der Waals surface area contributed by atoms with Crippen LogP contribution in [0.1, 0.15) is 32.1 Å². The van der Waals surface area contributed by atoms with Crippen LogP contribution in [0.2, 0.25) is 0 Å². The van der Waals surface area contributed by atoms with E-state index in [4.69, 9.17) is 4.74 Å². The number of aliphatic hydroxyl groups is 1. The molecule has 1 aliphatic carbocycles. The molecular weight excluding hydrogens is 156 g/mol. The van der Waals surface area contributed by atoms with Gasteiger partial charge in [-0.2, -0.15) is 0 Å². The van der Waals surface area contributed by atoms with Gasteiger partial charge in [0.25, 0.3) is 0 Å². The summed E-state index contributed by atoms with van der Waals surface area (Å²) in [4.78, 5) is 10.2. The smallest absolute Gasteiger partial charge is 0.122 e. The van der Waals surface area contributed by atoms with Gasteiger partial charge in [-0.05, 0) is 25.7 Å². The third-order valence-corrected chi connectivity index (χ3v) is 2.66. The zero-order chi connectivity index (χ0) is 9.03. The molecule has 1 N–H and O–H groups in total. The predicted octanol–water partition coefficient (Wildman–Crippen LogP) is 0.895. The molecule has 0 amide bonds. The van der Waals surface area contributed by atoms with Crippen LogP contribution >= 0.6 is 0 Å². The molecule has 0 aliphatic heterocycles. The SMILES string of the molecule is COC1CCC(O)(CC=O)CC1. The maximum atomic E-state index is 10.2. The molecule has 3 nitrogen and oxygen atoms in total. The molecule has 0 saturated heterocycles. The average molecular weight is 172 g/mol. The van der Waals surface area contributed by atoms with E-state index in [1.807, 2.05) is 0 Å². The van der Waals surface area contributed by atoms with Crippen LogP contribution in [-0.2, 0) is 9.53 Å². The lowest BCUT2D eigenvalue weighted by Crippen LogP contribution is -2.36. The van der Waals surface area contributed by atoms with Crippen LogP contribution in [0.15, 0.2) is 0 Å². The lowest BCUT2D eigenvalue weighted by atomic mass is 9.81. The van der Waals surface area contributed by atoms with E-state index in [1.165, 1.54) is 0 Å². The van der Waals surface area contributed by atoms with Gasteiger partial charge in [0.05, 0.1) is 11.7 Å². The first-order valence-electron chi connectivity index (χ1n) is 4.39. The van der Waals surface area contributed by atoms with E-state index in [-0.39, 0.29) is 12.5 Å². The monoisotopic (exact) mass is 172 g/mol. The molecule has 12 heavy (non-hydrogen) atoms. The topological polar surface area (TPSA) is 46.5 Å². The van der Waals surface area contributed by atoms with Gasteiger partial charge in [-0.15, -0.1) is 0 Å². The molecule has 0 aromatic heterocycles. The maximum absolute atomic E-state index is 10.2. The summed E-state index contributed by atoms with van der Waals surface area (Å²) >= 11 is 0. The van der Waals surface area contributed by atoms with E-state index in [2.05, 4.69) is 0 Å². The highest BCUT2D eigenvalue weighted by atomic mass is 16.5. The first kappa shape index (κ1) is 9.68. The first-order chi connectivity index (χ1) is 5.70. The highest BCUT2D eigenvalue weighted by Gasteiger charge is 2.32. The Bertz CT molecular complexity index is 148. The number of rotatable bonds is 3. The number of ether oxygens (including phenoxy) is 1. The van der Waals surface area contributed by atoms with Crippen molar-refractivity contribution in [3.63, 3.8) is 0 Å². The van der Waals surface area contributed by atoms with E-state index >= 15 is 0 Å². The number of carbonyl (C=O) groups is 1. The highest BCUT2D eigenvalue weighted by Crippen LogP contribution is 2.31. The first-order valence-corrected chi connectivity index (χ1v) is 4.39. The van der Waals surface area contributed by atoms with E-state index < -0.39 is 5.60 Å². The molecule has 70 valence electrons. The van der Waals surface area contributed by atoms with Crippen LogP contribution in [0.25, 0.3) is 0 Å². The van der Waals surface area contributed by atoms with Crippen molar-refractivity contribution in [3.8, 4) is 0 Å². The summed E-state index contributed by atoms with van der Waals surface area (Å²) in [7, 11) is 1.69. The zero-order valence-electron chi connectivity index (χ0n) is 7.45. The summed E-state index contributed by atoms with van der Waals surface area (Å²) in [6, 6.07) is 0. The second kappa shape index (κ2) is 4.01. The van der Waals surface area contributed by atoms with Crippen LogP contribution in [0.3, 0.4) is 0 Å². The Morgan fingerprint density at radius 1 is 1.58 bits per heavy atom. The average Bonchev–Trinajstić information content (AvgIpc) is 2.06. The van der Waals surface area contributed by atoms with Gasteiger partial charge < -0.3 is 14.6 Å². The van der Waals surface area contributed by atoms with Gasteiger partial charge in [0.2, 0.25) is 0 Å². The summed E-state index contributed by atoms with van der Waals surface area (Å²) < 4.78 is 5.16. The third-order valence-electron chi connectivity index (χ3n) is 2.66. The number of hydrogen-bond acceptors (Lipinski definition) is 3. The molecule has 1 rings (SSSR count). The van der Waals surface area contributed by atoms with Gasteiger partial charge in [0.15, 0.2) is 0 Å². The van der Waals surface area contributed by atoms with Crippen molar-refractivity contribution in [2.45, 2.75) is 43.8 Å². The summed E-state index contributed by atoms with van der Waals surface area (Å²) in [5, 5.41) is 9.80. The van der Waals surface area contributed by atoms with Gasteiger partial charge in [-0.25, -0.2) is 0 Å². The van der Waals surface area contributed by atoms with Crippen molar-refractivity contribution < 1.29 is 14.6 Å². The molecule has 3 heteroatoms. The molecule has 0 aromatic carbocycles.